The van der Waals surface area contributed by atoms with Gasteiger partial charge in [-0.25, -0.2) is 18.2 Å². The van der Waals surface area contributed by atoms with Crippen molar-refractivity contribution in [2.75, 3.05) is 5.88 Å². The first kappa shape index (κ1) is 13.7. The van der Waals surface area contributed by atoms with E-state index in [-0.39, 0.29) is 10.4 Å². The summed E-state index contributed by atoms with van der Waals surface area (Å²) < 4.78 is 40.1. The smallest absolute Gasteiger partial charge is 0.256 e. The number of aryl methyl sites for hydroxylation is 1. The molecule has 1 aromatic heterocycles. The van der Waals surface area contributed by atoms with Crippen LogP contribution >= 0.6 is 27.5 Å². The summed E-state index contributed by atoms with van der Waals surface area (Å²) in [6.45, 7) is -0.510. The van der Waals surface area contributed by atoms with Crippen LogP contribution in [0, 0.1) is 5.82 Å². The molecule has 98 valence electrons. The molecule has 0 unspecified atom stereocenters. The first-order valence-electron chi connectivity index (χ1n) is 5.21. The number of hydrogen-bond donors (Lipinski definition) is 0. The Labute approximate surface area is 115 Å². The van der Waals surface area contributed by atoms with Crippen LogP contribution in [0.3, 0.4) is 0 Å². The highest BCUT2D eigenvalue weighted by Gasteiger charge is 2.16. The van der Waals surface area contributed by atoms with Crippen molar-refractivity contribution in [2.45, 2.75) is 19.4 Å². The fraction of sp³-hybridized carbons (Fsp3) is 0.364. The van der Waals surface area contributed by atoms with Gasteiger partial charge in [-0.2, -0.15) is 0 Å². The Morgan fingerprint density at radius 2 is 2.11 bits per heavy atom. The van der Waals surface area contributed by atoms with Crippen LogP contribution in [0.15, 0.2) is 16.6 Å². The molecule has 2 nitrogen and oxygen atoms in total. The SMILES string of the molecule is Fc1cc2c(cc1Br)nc(CCCl)n2CC(F)F. The van der Waals surface area contributed by atoms with Crippen molar-refractivity contribution in [3.63, 3.8) is 0 Å². The molecule has 0 N–H and O–H groups in total. The summed E-state index contributed by atoms with van der Waals surface area (Å²) in [5, 5.41) is 0. The molecular formula is C11H9BrClF3N2. The normalized spacial score (nSPS) is 11.7. The van der Waals surface area contributed by atoms with E-state index in [4.69, 9.17) is 11.6 Å². The minimum absolute atomic E-state index is 0.258. The number of aromatic nitrogens is 2. The van der Waals surface area contributed by atoms with Gasteiger partial charge in [-0.1, -0.05) is 0 Å². The summed E-state index contributed by atoms with van der Waals surface area (Å²) in [6.07, 6.45) is -2.16. The van der Waals surface area contributed by atoms with E-state index in [1.165, 1.54) is 16.7 Å². The van der Waals surface area contributed by atoms with E-state index < -0.39 is 18.8 Å². The molecular weight excluding hydrogens is 332 g/mol. The summed E-state index contributed by atoms with van der Waals surface area (Å²) >= 11 is 8.65. The van der Waals surface area contributed by atoms with E-state index in [0.29, 0.717) is 23.3 Å². The summed E-state index contributed by atoms with van der Waals surface area (Å²) in [5.74, 6) is 0.212. The van der Waals surface area contributed by atoms with Gasteiger partial charge in [0.1, 0.15) is 11.6 Å². The maximum atomic E-state index is 13.5. The third kappa shape index (κ3) is 2.64. The van der Waals surface area contributed by atoms with Gasteiger partial charge >= 0.3 is 0 Å². The molecule has 0 radical (unpaired) electrons. The van der Waals surface area contributed by atoms with Crippen molar-refractivity contribution in [3.05, 3.63) is 28.2 Å². The van der Waals surface area contributed by atoms with Gasteiger partial charge in [0.15, 0.2) is 0 Å². The summed E-state index contributed by atoms with van der Waals surface area (Å²) in [7, 11) is 0. The van der Waals surface area contributed by atoms with Crippen LogP contribution in [0.4, 0.5) is 13.2 Å². The number of nitrogens with zero attached hydrogens (tertiary/aromatic N) is 2. The molecule has 0 saturated heterocycles. The first-order valence-corrected chi connectivity index (χ1v) is 6.54. The highest BCUT2D eigenvalue weighted by atomic mass is 79.9. The van der Waals surface area contributed by atoms with Crippen molar-refractivity contribution in [3.8, 4) is 0 Å². The van der Waals surface area contributed by atoms with Gasteiger partial charge in [-0.15, -0.1) is 11.6 Å². The van der Waals surface area contributed by atoms with E-state index in [2.05, 4.69) is 20.9 Å². The van der Waals surface area contributed by atoms with E-state index >= 15 is 0 Å². The zero-order valence-electron chi connectivity index (χ0n) is 9.14. The Morgan fingerprint density at radius 3 is 2.72 bits per heavy atom. The van der Waals surface area contributed by atoms with Crippen LogP contribution in [-0.2, 0) is 13.0 Å². The average Bonchev–Trinajstić information content (AvgIpc) is 2.58. The molecule has 0 spiro atoms. The van der Waals surface area contributed by atoms with Crippen LogP contribution in [0.2, 0.25) is 0 Å². The maximum absolute atomic E-state index is 13.5. The maximum Gasteiger partial charge on any atom is 0.256 e. The standard InChI is InChI=1S/C11H9BrClF3N2/c12-6-3-8-9(4-7(6)14)18(5-10(15)16)11(17-8)1-2-13/h3-4,10H,1-2,5H2. The Balaban J connectivity index is 2.60. The first-order chi connectivity index (χ1) is 8.52. The number of fused-ring (bicyclic) bond motifs is 1. The van der Waals surface area contributed by atoms with E-state index in [0.717, 1.165) is 0 Å². The highest BCUT2D eigenvalue weighted by Crippen LogP contribution is 2.25. The minimum atomic E-state index is -2.52. The Morgan fingerprint density at radius 1 is 1.39 bits per heavy atom. The zero-order valence-corrected chi connectivity index (χ0v) is 11.5. The third-order valence-corrected chi connectivity index (χ3v) is 3.30. The van der Waals surface area contributed by atoms with Crippen molar-refractivity contribution in [2.24, 2.45) is 0 Å². The molecule has 0 fully saturated rings. The van der Waals surface area contributed by atoms with Crippen molar-refractivity contribution < 1.29 is 13.2 Å². The van der Waals surface area contributed by atoms with Gasteiger partial charge < -0.3 is 4.57 Å². The lowest BCUT2D eigenvalue weighted by atomic mass is 10.3. The Bertz CT molecular complexity index is 571. The predicted molar refractivity (Wildman–Crippen MR) is 67.8 cm³/mol. The fourth-order valence-corrected chi connectivity index (χ4v) is 2.29. The van der Waals surface area contributed by atoms with Crippen molar-refractivity contribution in [1.29, 1.82) is 0 Å². The van der Waals surface area contributed by atoms with Crippen LogP contribution in [0.5, 0.6) is 0 Å². The fourth-order valence-electron chi connectivity index (χ4n) is 1.79. The van der Waals surface area contributed by atoms with Gasteiger partial charge in [0.25, 0.3) is 6.43 Å². The molecule has 0 saturated carbocycles. The molecule has 0 aliphatic carbocycles. The zero-order chi connectivity index (χ0) is 13.3. The second-order valence-corrected chi connectivity index (χ2v) is 4.96. The second-order valence-electron chi connectivity index (χ2n) is 3.72. The molecule has 0 aliphatic rings. The lowest BCUT2D eigenvalue weighted by molar-refractivity contribution is 0.127. The molecule has 18 heavy (non-hydrogen) atoms. The van der Waals surface area contributed by atoms with Crippen LogP contribution in [0.1, 0.15) is 5.82 Å². The number of imidazole rings is 1. The molecule has 1 heterocycles. The summed E-state index contributed by atoms with van der Waals surface area (Å²) in [6, 6.07) is 2.68. The lowest BCUT2D eigenvalue weighted by Gasteiger charge is -2.07. The monoisotopic (exact) mass is 340 g/mol. The topological polar surface area (TPSA) is 17.8 Å². The number of halogens is 5. The number of hydrogen-bond acceptors (Lipinski definition) is 1. The highest BCUT2D eigenvalue weighted by molar-refractivity contribution is 9.10. The molecule has 7 heteroatoms. The van der Waals surface area contributed by atoms with Gasteiger partial charge in [-0.3, -0.25) is 0 Å². The van der Waals surface area contributed by atoms with E-state index in [9.17, 15) is 13.2 Å². The van der Waals surface area contributed by atoms with Gasteiger partial charge in [0, 0.05) is 18.4 Å². The second kappa shape index (κ2) is 5.48. The number of rotatable bonds is 4. The molecule has 2 aromatic rings. The molecule has 0 aliphatic heterocycles. The molecule has 1 aromatic carbocycles. The summed E-state index contributed by atoms with van der Waals surface area (Å²) in [4.78, 5) is 4.21. The van der Waals surface area contributed by atoms with Crippen LogP contribution in [0.25, 0.3) is 11.0 Å². The lowest BCUT2D eigenvalue weighted by Crippen LogP contribution is -2.10. The largest absolute Gasteiger partial charge is 0.322 e. The molecule has 2 rings (SSSR count). The molecule has 0 bridgehead atoms. The Kier molecular flexibility index (Phi) is 4.17. The van der Waals surface area contributed by atoms with Crippen LogP contribution < -0.4 is 0 Å². The van der Waals surface area contributed by atoms with Gasteiger partial charge in [-0.05, 0) is 22.0 Å². The summed E-state index contributed by atoms with van der Waals surface area (Å²) in [5.41, 5.74) is 0.833. The number of alkyl halides is 3. The van der Waals surface area contributed by atoms with Crippen molar-refractivity contribution in [1.82, 2.24) is 9.55 Å². The van der Waals surface area contributed by atoms with E-state index in [1.807, 2.05) is 0 Å². The predicted octanol–water partition coefficient (Wildman–Crippen LogP) is 3.98. The molecule has 0 amide bonds. The average molecular weight is 342 g/mol. The van der Waals surface area contributed by atoms with Crippen LogP contribution in [-0.4, -0.2) is 21.9 Å². The van der Waals surface area contributed by atoms with Gasteiger partial charge in [0.05, 0.1) is 22.1 Å². The molecule has 0 atom stereocenters. The quantitative estimate of drug-likeness (QED) is 0.769. The minimum Gasteiger partial charge on any atom is -0.322 e. The number of benzene rings is 1. The van der Waals surface area contributed by atoms with E-state index in [1.54, 1.807) is 0 Å². The third-order valence-electron chi connectivity index (χ3n) is 2.51. The van der Waals surface area contributed by atoms with Gasteiger partial charge in [0.2, 0.25) is 0 Å². The van der Waals surface area contributed by atoms with Crippen molar-refractivity contribution >= 4 is 38.6 Å². The Hall–Kier alpha value is -0.750.